The predicted octanol–water partition coefficient (Wildman–Crippen LogP) is 1.37. The average molecular weight is 305 g/mol. The molecule has 0 aliphatic carbocycles. The van der Waals surface area contributed by atoms with Crippen molar-refractivity contribution in [3.05, 3.63) is 22.4 Å². The van der Waals surface area contributed by atoms with Gasteiger partial charge in [0.05, 0.1) is 41.7 Å². The highest BCUT2D eigenvalue weighted by atomic mass is 79.9. The first-order valence-corrected chi connectivity index (χ1v) is 6.12. The number of hydrogen-bond donors (Lipinski definition) is 2. The van der Waals surface area contributed by atoms with Crippen LogP contribution in [0.5, 0.6) is 0 Å². The highest BCUT2D eigenvalue weighted by molar-refractivity contribution is 9.10. The third-order valence-electron chi connectivity index (χ3n) is 2.82. The summed E-state index contributed by atoms with van der Waals surface area (Å²) < 4.78 is 19.1. The van der Waals surface area contributed by atoms with E-state index in [1.54, 1.807) is 0 Å². The minimum absolute atomic E-state index is 0.0445. The topological polar surface area (TPSA) is 58.7 Å². The molecule has 94 valence electrons. The third kappa shape index (κ3) is 2.53. The van der Waals surface area contributed by atoms with Crippen molar-refractivity contribution in [2.24, 2.45) is 0 Å². The lowest BCUT2D eigenvalue weighted by molar-refractivity contribution is 0.0727. The first-order chi connectivity index (χ1) is 8.13. The molecular weight excluding hydrogens is 291 g/mol. The van der Waals surface area contributed by atoms with E-state index in [0.29, 0.717) is 35.6 Å². The summed E-state index contributed by atoms with van der Waals surface area (Å²) in [5, 5.41) is 9.27. The van der Waals surface area contributed by atoms with E-state index in [9.17, 15) is 9.50 Å². The van der Waals surface area contributed by atoms with E-state index in [-0.39, 0.29) is 18.5 Å². The number of anilines is 2. The van der Waals surface area contributed by atoms with E-state index >= 15 is 0 Å². The maximum atomic E-state index is 13.5. The highest BCUT2D eigenvalue weighted by Gasteiger charge is 2.24. The molecule has 0 spiro atoms. The molecule has 1 unspecified atom stereocenters. The monoisotopic (exact) mass is 304 g/mol. The van der Waals surface area contributed by atoms with Gasteiger partial charge < -0.3 is 20.5 Å². The second-order valence-electron chi connectivity index (χ2n) is 3.93. The molecule has 2 rings (SSSR count). The Morgan fingerprint density at radius 1 is 1.59 bits per heavy atom. The molecule has 1 saturated heterocycles. The zero-order chi connectivity index (χ0) is 12.4. The van der Waals surface area contributed by atoms with Crippen LogP contribution in [0.4, 0.5) is 15.8 Å². The van der Waals surface area contributed by atoms with E-state index in [2.05, 4.69) is 15.9 Å². The summed E-state index contributed by atoms with van der Waals surface area (Å²) in [6, 6.07) is 2.74. The fourth-order valence-corrected chi connectivity index (χ4v) is 2.28. The Bertz CT molecular complexity index is 417. The number of rotatable bonds is 2. The van der Waals surface area contributed by atoms with Gasteiger partial charge in [-0.25, -0.2) is 4.39 Å². The van der Waals surface area contributed by atoms with Gasteiger partial charge in [0.25, 0.3) is 0 Å². The van der Waals surface area contributed by atoms with Gasteiger partial charge in [-0.05, 0) is 22.0 Å². The van der Waals surface area contributed by atoms with E-state index < -0.39 is 0 Å². The van der Waals surface area contributed by atoms with Gasteiger partial charge >= 0.3 is 0 Å². The fourth-order valence-electron chi connectivity index (χ4n) is 1.92. The standard InChI is InChI=1S/C11H14BrFN2O2/c12-8-3-10(14)11(4-9(8)13)15-1-2-17-6-7(15)5-16/h3-4,7,16H,1-2,5-6,14H2. The van der Waals surface area contributed by atoms with Gasteiger partial charge in [0, 0.05) is 12.6 Å². The van der Waals surface area contributed by atoms with Gasteiger partial charge in [0.1, 0.15) is 5.82 Å². The van der Waals surface area contributed by atoms with Crippen molar-refractivity contribution >= 4 is 27.3 Å². The molecule has 3 N–H and O–H groups in total. The lowest BCUT2D eigenvalue weighted by atomic mass is 10.1. The van der Waals surface area contributed by atoms with Crippen LogP contribution in [0.3, 0.4) is 0 Å². The number of nitrogens with two attached hydrogens (primary N) is 1. The average Bonchev–Trinajstić information content (AvgIpc) is 2.34. The molecule has 1 heterocycles. The number of hydrogen-bond acceptors (Lipinski definition) is 4. The zero-order valence-electron chi connectivity index (χ0n) is 9.20. The van der Waals surface area contributed by atoms with Crippen LogP contribution < -0.4 is 10.6 Å². The van der Waals surface area contributed by atoms with Gasteiger partial charge in [-0.1, -0.05) is 0 Å². The van der Waals surface area contributed by atoms with Crippen LogP contribution in [0.1, 0.15) is 0 Å². The molecule has 6 heteroatoms. The first kappa shape index (κ1) is 12.6. The van der Waals surface area contributed by atoms with Crippen molar-refractivity contribution in [1.29, 1.82) is 0 Å². The molecule has 0 bridgehead atoms. The van der Waals surface area contributed by atoms with Crippen LogP contribution >= 0.6 is 15.9 Å². The van der Waals surface area contributed by atoms with Crippen LogP contribution in [-0.2, 0) is 4.74 Å². The number of aliphatic hydroxyl groups is 1. The molecule has 1 aromatic rings. The molecule has 0 aromatic heterocycles. The quantitative estimate of drug-likeness (QED) is 0.810. The largest absolute Gasteiger partial charge is 0.397 e. The first-order valence-electron chi connectivity index (χ1n) is 5.33. The van der Waals surface area contributed by atoms with Crippen molar-refractivity contribution in [3.63, 3.8) is 0 Å². The molecule has 1 aliphatic heterocycles. The smallest absolute Gasteiger partial charge is 0.139 e. The number of aliphatic hydroxyl groups excluding tert-OH is 1. The molecule has 1 fully saturated rings. The minimum atomic E-state index is -0.364. The van der Waals surface area contributed by atoms with Crippen LogP contribution in [0.25, 0.3) is 0 Å². The van der Waals surface area contributed by atoms with Gasteiger partial charge in [-0.3, -0.25) is 0 Å². The van der Waals surface area contributed by atoms with E-state index in [4.69, 9.17) is 10.5 Å². The van der Waals surface area contributed by atoms with Gasteiger partial charge in [-0.15, -0.1) is 0 Å². The summed E-state index contributed by atoms with van der Waals surface area (Å²) >= 11 is 3.09. The van der Waals surface area contributed by atoms with Gasteiger partial charge in [0.2, 0.25) is 0 Å². The Kier molecular flexibility index (Phi) is 3.86. The van der Waals surface area contributed by atoms with E-state index in [1.807, 2.05) is 4.90 Å². The fraction of sp³-hybridized carbons (Fsp3) is 0.455. The van der Waals surface area contributed by atoms with Crippen LogP contribution in [-0.4, -0.2) is 37.5 Å². The highest BCUT2D eigenvalue weighted by Crippen LogP contribution is 2.31. The Labute approximate surface area is 107 Å². The SMILES string of the molecule is Nc1cc(Br)c(F)cc1N1CCOCC1CO. The molecule has 1 aliphatic rings. The second-order valence-corrected chi connectivity index (χ2v) is 4.78. The van der Waals surface area contributed by atoms with Gasteiger partial charge in [0.15, 0.2) is 0 Å². The molecule has 0 saturated carbocycles. The Balaban J connectivity index is 2.34. The number of nitrogens with zero attached hydrogens (tertiary/aromatic N) is 1. The van der Waals surface area contributed by atoms with E-state index in [0.717, 1.165) is 0 Å². The molecule has 4 nitrogen and oxygen atoms in total. The molecule has 1 atom stereocenters. The van der Waals surface area contributed by atoms with Crippen LogP contribution in [0.2, 0.25) is 0 Å². The van der Waals surface area contributed by atoms with Crippen molar-refractivity contribution in [2.45, 2.75) is 6.04 Å². The van der Waals surface area contributed by atoms with Crippen molar-refractivity contribution in [1.82, 2.24) is 0 Å². The molecule has 17 heavy (non-hydrogen) atoms. The number of benzene rings is 1. The van der Waals surface area contributed by atoms with Crippen molar-refractivity contribution < 1.29 is 14.2 Å². The lowest BCUT2D eigenvalue weighted by Crippen LogP contribution is -2.48. The van der Waals surface area contributed by atoms with Crippen molar-refractivity contribution in [2.75, 3.05) is 37.0 Å². The third-order valence-corrected chi connectivity index (χ3v) is 3.43. The van der Waals surface area contributed by atoms with Gasteiger partial charge in [-0.2, -0.15) is 0 Å². The summed E-state index contributed by atoms with van der Waals surface area (Å²) in [5.41, 5.74) is 6.97. The summed E-state index contributed by atoms with van der Waals surface area (Å²) in [6.07, 6.45) is 0. The Morgan fingerprint density at radius 3 is 3.06 bits per heavy atom. The summed E-state index contributed by atoms with van der Waals surface area (Å²) in [7, 11) is 0. The number of ether oxygens (including phenoxy) is 1. The molecule has 0 radical (unpaired) electrons. The minimum Gasteiger partial charge on any atom is -0.397 e. The maximum absolute atomic E-state index is 13.5. The Hall–Kier alpha value is -0.850. The predicted molar refractivity (Wildman–Crippen MR) is 67.6 cm³/mol. The Morgan fingerprint density at radius 2 is 2.35 bits per heavy atom. The summed E-state index contributed by atoms with van der Waals surface area (Å²) in [5.74, 6) is -0.364. The number of morpholine rings is 1. The molecule has 0 amide bonds. The maximum Gasteiger partial charge on any atom is 0.139 e. The van der Waals surface area contributed by atoms with Crippen LogP contribution in [0.15, 0.2) is 16.6 Å². The normalized spacial score (nSPS) is 20.6. The van der Waals surface area contributed by atoms with Crippen LogP contribution in [0, 0.1) is 5.82 Å². The molecular formula is C11H14BrFN2O2. The lowest BCUT2D eigenvalue weighted by Gasteiger charge is -2.37. The zero-order valence-corrected chi connectivity index (χ0v) is 10.8. The summed E-state index contributed by atoms with van der Waals surface area (Å²) in [6.45, 7) is 1.52. The van der Waals surface area contributed by atoms with E-state index in [1.165, 1.54) is 12.1 Å². The second kappa shape index (κ2) is 5.20. The van der Waals surface area contributed by atoms with Crippen molar-refractivity contribution in [3.8, 4) is 0 Å². The number of halogens is 2. The molecule has 1 aromatic carbocycles. The summed E-state index contributed by atoms with van der Waals surface area (Å²) in [4.78, 5) is 1.88. The number of nitrogen functional groups attached to an aromatic ring is 1.